The van der Waals surface area contributed by atoms with E-state index in [0.29, 0.717) is 17.0 Å². The number of phenols is 1. The van der Waals surface area contributed by atoms with Gasteiger partial charge in [-0.1, -0.05) is 12.1 Å². The number of hydrazone groups is 1. The molecule has 2 aromatic rings. The van der Waals surface area contributed by atoms with Gasteiger partial charge in [-0.05, 0) is 35.9 Å². The molecule has 3 N–H and O–H groups in total. The Kier molecular flexibility index (Phi) is 4.40. The zero-order valence-electron chi connectivity index (χ0n) is 11.3. The van der Waals surface area contributed by atoms with E-state index in [4.69, 9.17) is 9.84 Å². The number of anilines is 1. The molecule has 0 saturated heterocycles. The number of aromatic hydroxyl groups is 1. The molecule has 0 aliphatic rings. The predicted octanol–water partition coefficient (Wildman–Crippen LogP) is 2.55. The molecular weight excluding hydrogens is 272 g/mol. The monoisotopic (exact) mass is 286 g/mol. The Morgan fingerprint density at radius 3 is 2.76 bits per heavy atom. The standard InChI is InChI=1S/C15H14N2O4/c1-21-14-8-10(6-7-13(14)18)9-16-17-12-5-3-2-4-11(12)15(19)20/h2-9,17-18H,1H3,(H,19,20)/b16-9+. The molecule has 6 nitrogen and oxygen atoms in total. The number of para-hydroxylation sites is 1. The Balaban J connectivity index is 2.15. The van der Waals surface area contributed by atoms with Gasteiger partial charge < -0.3 is 14.9 Å². The van der Waals surface area contributed by atoms with E-state index in [0.717, 1.165) is 0 Å². The summed E-state index contributed by atoms with van der Waals surface area (Å²) in [4.78, 5) is 11.0. The second-order valence-corrected chi connectivity index (χ2v) is 4.15. The van der Waals surface area contributed by atoms with Crippen molar-refractivity contribution in [3.8, 4) is 11.5 Å². The second kappa shape index (κ2) is 6.42. The number of nitrogens with one attached hydrogen (secondary N) is 1. The lowest BCUT2D eigenvalue weighted by Crippen LogP contribution is -2.02. The highest BCUT2D eigenvalue weighted by molar-refractivity contribution is 5.94. The molecule has 0 saturated carbocycles. The molecule has 0 atom stereocenters. The lowest BCUT2D eigenvalue weighted by atomic mass is 10.2. The first-order chi connectivity index (χ1) is 10.1. The Bertz CT molecular complexity index is 683. The Hall–Kier alpha value is -3.02. The van der Waals surface area contributed by atoms with Gasteiger partial charge in [-0.25, -0.2) is 4.79 Å². The first-order valence-electron chi connectivity index (χ1n) is 6.10. The number of carbonyl (C=O) groups is 1. The summed E-state index contributed by atoms with van der Waals surface area (Å²) in [6, 6.07) is 11.2. The highest BCUT2D eigenvalue weighted by atomic mass is 16.5. The summed E-state index contributed by atoms with van der Waals surface area (Å²) >= 11 is 0. The number of hydrogen-bond donors (Lipinski definition) is 3. The number of hydrogen-bond acceptors (Lipinski definition) is 5. The third kappa shape index (κ3) is 3.50. The molecule has 0 spiro atoms. The summed E-state index contributed by atoms with van der Waals surface area (Å²) in [6.45, 7) is 0. The molecule has 0 amide bonds. The van der Waals surface area contributed by atoms with Crippen molar-refractivity contribution in [1.29, 1.82) is 0 Å². The summed E-state index contributed by atoms with van der Waals surface area (Å²) in [5, 5.41) is 22.5. The fraction of sp³-hybridized carbons (Fsp3) is 0.0667. The fourth-order valence-corrected chi connectivity index (χ4v) is 1.72. The van der Waals surface area contributed by atoms with Gasteiger partial charge in [-0.3, -0.25) is 5.43 Å². The lowest BCUT2D eigenvalue weighted by molar-refractivity contribution is 0.0698. The van der Waals surface area contributed by atoms with Crippen LogP contribution in [0.15, 0.2) is 47.6 Å². The van der Waals surface area contributed by atoms with Crippen LogP contribution in [0.5, 0.6) is 11.5 Å². The van der Waals surface area contributed by atoms with Gasteiger partial charge >= 0.3 is 5.97 Å². The molecule has 0 aromatic heterocycles. The van der Waals surface area contributed by atoms with E-state index in [9.17, 15) is 9.90 Å². The van der Waals surface area contributed by atoms with Crippen LogP contribution in [0.3, 0.4) is 0 Å². The van der Waals surface area contributed by atoms with Gasteiger partial charge in [0, 0.05) is 0 Å². The number of nitrogens with zero attached hydrogens (tertiary/aromatic N) is 1. The number of carboxylic acid groups (broad SMARTS) is 1. The first kappa shape index (κ1) is 14.4. The molecule has 21 heavy (non-hydrogen) atoms. The lowest BCUT2D eigenvalue weighted by Gasteiger charge is -2.05. The molecule has 0 bridgehead atoms. The average Bonchev–Trinajstić information content (AvgIpc) is 2.49. The van der Waals surface area contributed by atoms with Crippen molar-refractivity contribution in [3.63, 3.8) is 0 Å². The molecule has 0 aliphatic carbocycles. The van der Waals surface area contributed by atoms with E-state index in [1.54, 1.807) is 30.3 Å². The molecule has 0 unspecified atom stereocenters. The third-order valence-corrected chi connectivity index (χ3v) is 2.76. The van der Waals surface area contributed by atoms with E-state index < -0.39 is 5.97 Å². The van der Waals surface area contributed by atoms with Crippen LogP contribution < -0.4 is 10.2 Å². The van der Waals surface area contributed by atoms with E-state index in [2.05, 4.69) is 10.5 Å². The molecule has 0 fully saturated rings. The number of phenolic OH excluding ortho intramolecular Hbond substituents is 1. The minimum Gasteiger partial charge on any atom is -0.504 e. The smallest absolute Gasteiger partial charge is 0.337 e. The molecule has 6 heteroatoms. The molecule has 0 heterocycles. The minimum absolute atomic E-state index is 0.0406. The van der Waals surface area contributed by atoms with Crippen molar-refractivity contribution in [2.24, 2.45) is 5.10 Å². The predicted molar refractivity (Wildman–Crippen MR) is 79.3 cm³/mol. The number of aromatic carboxylic acids is 1. The van der Waals surface area contributed by atoms with Crippen LogP contribution in [0.1, 0.15) is 15.9 Å². The summed E-state index contributed by atoms with van der Waals surface area (Å²) < 4.78 is 4.99. The minimum atomic E-state index is -1.03. The molecular formula is C15H14N2O4. The van der Waals surface area contributed by atoms with Crippen LogP contribution in [0.4, 0.5) is 5.69 Å². The van der Waals surface area contributed by atoms with Gasteiger partial charge in [-0.15, -0.1) is 0 Å². The van der Waals surface area contributed by atoms with E-state index in [1.165, 1.54) is 25.5 Å². The average molecular weight is 286 g/mol. The molecule has 0 radical (unpaired) electrons. The van der Waals surface area contributed by atoms with Gasteiger partial charge in [0.15, 0.2) is 11.5 Å². The molecule has 2 rings (SSSR count). The number of benzene rings is 2. The fourth-order valence-electron chi connectivity index (χ4n) is 1.72. The summed E-state index contributed by atoms with van der Waals surface area (Å²) in [5.41, 5.74) is 3.91. The van der Waals surface area contributed by atoms with Crippen molar-refractivity contribution >= 4 is 17.9 Å². The van der Waals surface area contributed by atoms with Crippen LogP contribution in [0.25, 0.3) is 0 Å². The second-order valence-electron chi connectivity index (χ2n) is 4.15. The third-order valence-electron chi connectivity index (χ3n) is 2.76. The van der Waals surface area contributed by atoms with Crippen LogP contribution >= 0.6 is 0 Å². The van der Waals surface area contributed by atoms with Gasteiger partial charge in [-0.2, -0.15) is 5.10 Å². The quantitative estimate of drug-likeness (QED) is 0.580. The SMILES string of the molecule is COc1cc(/C=N/Nc2ccccc2C(=O)O)ccc1O. The van der Waals surface area contributed by atoms with Gasteiger partial charge in [0.05, 0.1) is 24.6 Å². The molecule has 108 valence electrons. The zero-order chi connectivity index (χ0) is 15.2. The van der Waals surface area contributed by atoms with E-state index >= 15 is 0 Å². The zero-order valence-corrected chi connectivity index (χ0v) is 11.3. The highest BCUT2D eigenvalue weighted by Crippen LogP contribution is 2.25. The maximum atomic E-state index is 11.0. The Labute approximate surface area is 121 Å². The maximum absolute atomic E-state index is 11.0. The van der Waals surface area contributed by atoms with Crippen LogP contribution in [0.2, 0.25) is 0 Å². The molecule has 0 aliphatic heterocycles. The van der Waals surface area contributed by atoms with E-state index in [-0.39, 0.29) is 11.3 Å². The largest absolute Gasteiger partial charge is 0.504 e. The number of rotatable bonds is 5. The number of carboxylic acids is 1. The van der Waals surface area contributed by atoms with Crippen molar-refractivity contribution in [3.05, 3.63) is 53.6 Å². The van der Waals surface area contributed by atoms with Crippen LogP contribution in [-0.4, -0.2) is 29.5 Å². The van der Waals surface area contributed by atoms with Crippen LogP contribution in [-0.2, 0) is 0 Å². The molecule has 2 aromatic carbocycles. The highest BCUT2D eigenvalue weighted by Gasteiger charge is 2.07. The summed E-state index contributed by atoms with van der Waals surface area (Å²) in [6.07, 6.45) is 1.50. The topological polar surface area (TPSA) is 91.2 Å². The summed E-state index contributed by atoms with van der Waals surface area (Å²) in [5.74, 6) is -0.650. The van der Waals surface area contributed by atoms with Gasteiger partial charge in [0.25, 0.3) is 0 Å². The first-order valence-corrected chi connectivity index (χ1v) is 6.10. The van der Waals surface area contributed by atoms with Gasteiger partial charge in [0.1, 0.15) is 0 Å². The Morgan fingerprint density at radius 2 is 2.05 bits per heavy atom. The normalized spacial score (nSPS) is 10.5. The van der Waals surface area contributed by atoms with Crippen molar-refractivity contribution < 1.29 is 19.7 Å². The number of ether oxygens (including phenoxy) is 1. The maximum Gasteiger partial charge on any atom is 0.337 e. The van der Waals surface area contributed by atoms with E-state index in [1.807, 2.05) is 0 Å². The Morgan fingerprint density at radius 1 is 1.29 bits per heavy atom. The van der Waals surface area contributed by atoms with Crippen LogP contribution in [0, 0.1) is 0 Å². The van der Waals surface area contributed by atoms with Crippen molar-refractivity contribution in [2.45, 2.75) is 0 Å². The number of methoxy groups -OCH3 is 1. The summed E-state index contributed by atoms with van der Waals surface area (Å²) in [7, 11) is 1.46. The van der Waals surface area contributed by atoms with Gasteiger partial charge in [0.2, 0.25) is 0 Å². The van der Waals surface area contributed by atoms with Crippen molar-refractivity contribution in [1.82, 2.24) is 0 Å². The van der Waals surface area contributed by atoms with Crippen molar-refractivity contribution in [2.75, 3.05) is 12.5 Å².